The summed E-state index contributed by atoms with van der Waals surface area (Å²) in [5.74, 6) is 0.910. The molecule has 0 saturated heterocycles. The molecule has 0 atom stereocenters. The Morgan fingerprint density at radius 3 is 2.38 bits per heavy atom. The number of fused-ring (bicyclic) bond motifs is 1. The van der Waals surface area contributed by atoms with Crippen LogP contribution in [0.15, 0.2) is 72.9 Å². The van der Waals surface area contributed by atoms with Crippen molar-refractivity contribution in [3.63, 3.8) is 0 Å². The Hall–Kier alpha value is -3.93. The van der Waals surface area contributed by atoms with Gasteiger partial charge in [0, 0.05) is 22.8 Å². The summed E-state index contributed by atoms with van der Waals surface area (Å²) in [6, 6.07) is 20.8. The van der Waals surface area contributed by atoms with Crippen molar-refractivity contribution in [2.75, 3.05) is 19.5 Å². The SMILES string of the molecule is COC(=O)c1ccc(Nc2ncc3cccc(-c4ccc(OC)cc4)c3n2)cc1. The van der Waals surface area contributed by atoms with Crippen molar-refractivity contribution in [3.8, 4) is 16.9 Å². The lowest BCUT2D eigenvalue weighted by atomic mass is 10.0. The Morgan fingerprint density at radius 2 is 1.69 bits per heavy atom. The second-order valence-corrected chi connectivity index (χ2v) is 6.36. The highest BCUT2D eigenvalue weighted by Crippen LogP contribution is 2.29. The zero-order valence-electron chi connectivity index (χ0n) is 16.0. The van der Waals surface area contributed by atoms with Crippen LogP contribution in [-0.2, 0) is 4.74 Å². The average molecular weight is 385 g/mol. The van der Waals surface area contributed by atoms with Crippen molar-refractivity contribution in [3.05, 3.63) is 78.5 Å². The van der Waals surface area contributed by atoms with Crippen LogP contribution in [0.1, 0.15) is 10.4 Å². The number of benzene rings is 3. The minimum absolute atomic E-state index is 0.373. The molecule has 6 heteroatoms. The van der Waals surface area contributed by atoms with Crippen LogP contribution in [0.5, 0.6) is 5.75 Å². The van der Waals surface area contributed by atoms with E-state index in [2.05, 4.69) is 10.3 Å². The number of rotatable bonds is 5. The third-order valence-corrected chi connectivity index (χ3v) is 4.57. The fourth-order valence-electron chi connectivity index (χ4n) is 3.06. The highest BCUT2D eigenvalue weighted by Gasteiger charge is 2.09. The Bertz CT molecular complexity index is 1160. The molecule has 1 heterocycles. The molecule has 6 nitrogen and oxygen atoms in total. The van der Waals surface area contributed by atoms with Crippen molar-refractivity contribution in [1.82, 2.24) is 9.97 Å². The Morgan fingerprint density at radius 1 is 0.931 bits per heavy atom. The fourth-order valence-corrected chi connectivity index (χ4v) is 3.06. The highest BCUT2D eigenvalue weighted by molar-refractivity contribution is 5.94. The lowest BCUT2D eigenvalue weighted by molar-refractivity contribution is 0.0601. The number of aromatic nitrogens is 2. The van der Waals surface area contributed by atoms with Gasteiger partial charge >= 0.3 is 5.97 Å². The van der Waals surface area contributed by atoms with Gasteiger partial charge in [-0.3, -0.25) is 0 Å². The number of hydrogen-bond donors (Lipinski definition) is 1. The second kappa shape index (κ2) is 7.98. The van der Waals surface area contributed by atoms with E-state index in [1.165, 1.54) is 7.11 Å². The van der Waals surface area contributed by atoms with Crippen LogP contribution >= 0.6 is 0 Å². The Kier molecular flexibility index (Phi) is 5.07. The molecule has 4 rings (SSSR count). The van der Waals surface area contributed by atoms with Gasteiger partial charge in [0.1, 0.15) is 5.75 Å². The summed E-state index contributed by atoms with van der Waals surface area (Å²) in [6.45, 7) is 0. The van der Waals surface area contributed by atoms with Gasteiger partial charge in [0.15, 0.2) is 0 Å². The number of hydrogen-bond acceptors (Lipinski definition) is 6. The van der Waals surface area contributed by atoms with Crippen LogP contribution in [0, 0.1) is 0 Å². The third-order valence-electron chi connectivity index (χ3n) is 4.57. The van der Waals surface area contributed by atoms with Gasteiger partial charge < -0.3 is 14.8 Å². The first-order valence-electron chi connectivity index (χ1n) is 9.03. The van der Waals surface area contributed by atoms with E-state index in [1.807, 2.05) is 42.5 Å². The maximum absolute atomic E-state index is 11.6. The highest BCUT2D eigenvalue weighted by atomic mass is 16.5. The van der Waals surface area contributed by atoms with E-state index in [-0.39, 0.29) is 5.97 Å². The molecule has 0 amide bonds. The van der Waals surface area contributed by atoms with E-state index >= 15 is 0 Å². The molecule has 0 aliphatic carbocycles. The van der Waals surface area contributed by atoms with E-state index in [0.717, 1.165) is 33.5 Å². The number of carbonyl (C=O) groups excluding carboxylic acids is 1. The van der Waals surface area contributed by atoms with E-state index in [9.17, 15) is 4.79 Å². The zero-order chi connectivity index (χ0) is 20.2. The molecule has 144 valence electrons. The number of nitrogens with one attached hydrogen (secondary N) is 1. The molecule has 1 aromatic heterocycles. The van der Waals surface area contributed by atoms with Crippen molar-refractivity contribution >= 4 is 28.5 Å². The molecule has 29 heavy (non-hydrogen) atoms. The molecule has 0 saturated carbocycles. The van der Waals surface area contributed by atoms with Crippen molar-refractivity contribution in [2.24, 2.45) is 0 Å². The van der Waals surface area contributed by atoms with E-state index in [1.54, 1.807) is 37.6 Å². The topological polar surface area (TPSA) is 73.3 Å². The standard InChI is InChI=1S/C23H19N3O3/c1-28-19-12-8-15(9-13-19)20-5-3-4-17-14-24-23(26-21(17)20)25-18-10-6-16(7-11-18)22(27)29-2/h3-14H,1-2H3,(H,24,25,26). The van der Waals surface area contributed by atoms with Crippen molar-refractivity contribution < 1.29 is 14.3 Å². The molecule has 0 unspecified atom stereocenters. The van der Waals surface area contributed by atoms with Crippen molar-refractivity contribution in [2.45, 2.75) is 0 Å². The van der Waals surface area contributed by atoms with Gasteiger partial charge in [-0.15, -0.1) is 0 Å². The van der Waals surface area contributed by atoms with Crippen LogP contribution in [0.2, 0.25) is 0 Å². The molecule has 0 spiro atoms. The number of carbonyl (C=O) groups is 1. The van der Waals surface area contributed by atoms with Gasteiger partial charge in [0.25, 0.3) is 0 Å². The third kappa shape index (κ3) is 3.87. The maximum atomic E-state index is 11.6. The molecule has 0 aliphatic rings. The first-order chi connectivity index (χ1) is 14.2. The smallest absolute Gasteiger partial charge is 0.337 e. The molecular formula is C23H19N3O3. The largest absolute Gasteiger partial charge is 0.497 e. The minimum Gasteiger partial charge on any atom is -0.497 e. The predicted molar refractivity (Wildman–Crippen MR) is 113 cm³/mol. The Balaban J connectivity index is 1.67. The zero-order valence-corrected chi connectivity index (χ0v) is 16.0. The normalized spacial score (nSPS) is 10.6. The summed E-state index contributed by atoms with van der Waals surface area (Å²) in [6.07, 6.45) is 1.79. The number of para-hydroxylation sites is 1. The number of methoxy groups -OCH3 is 2. The van der Waals surface area contributed by atoms with Gasteiger partial charge in [-0.1, -0.05) is 30.3 Å². The quantitative estimate of drug-likeness (QED) is 0.496. The van der Waals surface area contributed by atoms with Gasteiger partial charge in [0.2, 0.25) is 5.95 Å². The number of nitrogens with zero attached hydrogens (tertiary/aromatic N) is 2. The van der Waals surface area contributed by atoms with Crippen LogP contribution in [-0.4, -0.2) is 30.2 Å². The van der Waals surface area contributed by atoms with E-state index < -0.39 is 0 Å². The fraction of sp³-hybridized carbons (Fsp3) is 0.0870. The molecule has 0 fully saturated rings. The monoisotopic (exact) mass is 385 g/mol. The summed E-state index contributed by atoms with van der Waals surface area (Å²) >= 11 is 0. The summed E-state index contributed by atoms with van der Waals surface area (Å²) < 4.78 is 9.96. The van der Waals surface area contributed by atoms with Gasteiger partial charge in [-0.25, -0.2) is 14.8 Å². The van der Waals surface area contributed by atoms with Crippen LogP contribution in [0.25, 0.3) is 22.0 Å². The van der Waals surface area contributed by atoms with Crippen LogP contribution in [0.3, 0.4) is 0 Å². The number of esters is 1. The minimum atomic E-state index is -0.373. The van der Waals surface area contributed by atoms with Gasteiger partial charge in [-0.2, -0.15) is 0 Å². The Labute approximate surface area is 168 Å². The molecular weight excluding hydrogens is 366 g/mol. The lowest BCUT2D eigenvalue weighted by Crippen LogP contribution is -2.02. The van der Waals surface area contributed by atoms with Gasteiger partial charge in [-0.05, 0) is 42.0 Å². The van der Waals surface area contributed by atoms with Gasteiger partial charge in [0.05, 0.1) is 25.3 Å². The number of anilines is 2. The second-order valence-electron chi connectivity index (χ2n) is 6.36. The molecule has 0 radical (unpaired) electrons. The molecule has 3 aromatic carbocycles. The first kappa shape index (κ1) is 18.4. The molecule has 0 aliphatic heterocycles. The summed E-state index contributed by atoms with van der Waals surface area (Å²) in [5, 5.41) is 4.13. The molecule has 4 aromatic rings. The van der Waals surface area contributed by atoms with Crippen LogP contribution in [0.4, 0.5) is 11.6 Å². The van der Waals surface area contributed by atoms with Crippen molar-refractivity contribution in [1.29, 1.82) is 0 Å². The summed E-state index contributed by atoms with van der Waals surface area (Å²) in [7, 11) is 3.01. The average Bonchev–Trinajstić information content (AvgIpc) is 2.78. The summed E-state index contributed by atoms with van der Waals surface area (Å²) in [5.41, 5.74) is 4.17. The predicted octanol–water partition coefficient (Wildman–Crippen LogP) is 4.84. The molecule has 1 N–H and O–H groups in total. The van der Waals surface area contributed by atoms with Crippen LogP contribution < -0.4 is 10.1 Å². The molecule has 0 bridgehead atoms. The van der Waals surface area contributed by atoms with E-state index in [0.29, 0.717) is 11.5 Å². The van der Waals surface area contributed by atoms with E-state index in [4.69, 9.17) is 14.5 Å². The summed E-state index contributed by atoms with van der Waals surface area (Å²) in [4.78, 5) is 20.7. The first-order valence-corrected chi connectivity index (χ1v) is 9.03. The number of ether oxygens (including phenoxy) is 2. The maximum Gasteiger partial charge on any atom is 0.337 e. The lowest BCUT2D eigenvalue weighted by Gasteiger charge is -2.10.